The number of rotatable bonds is 4. The van der Waals surface area contributed by atoms with E-state index in [1.54, 1.807) is 0 Å². The highest BCUT2D eigenvalue weighted by atomic mass is 127. The SMILES string of the molecule is O=C(NCCN1CCNCC1)c1cc(F)c(F)cc1I. The molecule has 2 rings (SSSR count). The summed E-state index contributed by atoms with van der Waals surface area (Å²) < 4.78 is 26.6. The van der Waals surface area contributed by atoms with Crippen molar-refractivity contribution < 1.29 is 13.6 Å². The molecule has 0 aliphatic carbocycles. The first-order chi connectivity index (χ1) is 9.58. The van der Waals surface area contributed by atoms with Gasteiger partial charge in [-0.15, -0.1) is 0 Å². The number of nitrogens with one attached hydrogen (secondary N) is 2. The molecule has 7 heteroatoms. The molecule has 1 amide bonds. The van der Waals surface area contributed by atoms with E-state index in [9.17, 15) is 13.6 Å². The minimum absolute atomic E-state index is 0.171. The molecule has 0 atom stereocenters. The van der Waals surface area contributed by atoms with E-state index >= 15 is 0 Å². The Labute approximate surface area is 130 Å². The fourth-order valence-corrected chi connectivity index (χ4v) is 2.73. The second-order valence-corrected chi connectivity index (χ2v) is 5.76. The summed E-state index contributed by atoms with van der Waals surface area (Å²) in [5.74, 6) is -2.31. The third-order valence-corrected chi connectivity index (χ3v) is 4.07. The lowest BCUT2D eigenvalue weighted by molar-refractivity contribution is 0.0946. The minimum Gasteiger partial charge on any atom is -0.351 e. The first-order valence-electron chi connectivity index (χ1n) is 6.44. The number of nitrogens with zero attached hydrogens (tertiary/aromatic N) is 1. The van der Waals surface area contributed by atoms with E-state index in [0.717, 1.165) is 44.9 Å². The molecule has 1 aromatic carbocycles. The molecule has 110 valence electrons. The Balaban J connectivity index is 1.87. The smallest absolute Gasteiger partial charge is 0.252 e. The van der Waals surface area contributed by atoms with Crippen molar-refractivity contribution in [2.45, 2.75) is 0 Å². The molecule has 4 nitrogen and oxygen atoms in total. The van der Waals surface area contributed by atoms with Crippen molar-refractivity contribution in [3.8, 4) is 0 Å². The number of carbonyl (C=O) groups excluding carboxylic acids is 1. The third-order valence-electron chi connectivity index (χ3n) is 3.18. The topological polar surface area (TPSA) is 44.4 Å². The number of benzene rings is 1. The molecule has 0 saturated carbocycles. The van der Waals surface area contributed by atoms with Crippen molar-refractivity contribution >= 4 is 28.5 Å². The van der Waals surface area contributed by atoms with Crippen LogP contribution in [0.5, 0.6) is 0 Å². The number of halogens is 3. The molecule has 1 aromatic rings. The molecule has 1 aliphatic heterocycles. The van der Waals surface area contributed by atoms with Crippen LogP contribution >= 0.6 is 22.6 Å². The molecule has 20 heavy (non-hydrogen) atoms. The summed E-state index contributed by atoms with van der Waals surface area (Å²) in [5.41, 5.74) is 0.171. The van der Waals surface area contributed by atoms with E-state index in [1.165, 1.54) is 0 Å². The van der Waals surface area contributed by atoms with Crippen molar-refractivity contribution in [2.75, 3.05) is 39.3 Å². The van der Waals surface area contributed by atoms with Crippen LogP contribution in [0.2, 0.25) is 0 Å². The molecular weight excluding hydrogens is 379 g/mol. The summed E-state index contributed by atoms with van der Waals surface area (Å²) in [6, 6.07) is 1.97. The molecule has 1 aliphatic rings. The Hall–Kier alpha value is -0.800. The summed E-state index contributed by atoms with van der Waals surface area (Å²) >= 11 is 1.83. The fraction of sp³-hybridized carbons (Fsp3) is 0.462. The first-order valence-corrected chi connectivity index (χ1v) is 7.51. The van der Waals surface area contributed by atoms with Gasteiger partial charge in [-0.1, -0.05) is 0 Å². The normalized spacial score (nSPS) is 16.1. The van der Waals surface area contributed by atoms with Gasteiger partial charge >= 0.3 is 0 Å². The van der Waals surface area contributed by atoms with Crippen LogP contribution in [0.25, 0.3) is 0 Å². The molecule has 0 spiro atoms. The van der Waals surface area contributed by atoms with Gasteiger partial charge in [-0.05, 0) is 34.7 Å². The largest absolute Gasteiger partial charge is 0.351 e. The predicted molar refractivity (Wildman–Crippen MR) is 80.7 cm³/mol. The van der Waals surface area contributed by atoms with E-state index in [-0.39, 0.29) is 11.5 Å². The van der Waals surface area contributed by atoms with Gasteiger partial charge in [0.2, 0.25) is 0 Å². The monoisotopic (exact) mass is 395 g/mol. The molecule has 1 saturated heterocycles. The number of carbonyl (C=O) groups is 1. The van der Waals surface area contributed by atoms with E-state index in [1.807, 2.05) is 22.6 Å². The molecule has 0 unspecified atom stereocenters. The maximum Gasteiger partial charge on any atom is 0.252 e. The van der Waals surface area contributed by atoms with E-state index < -0.39 is 11.6 Å². The first kappa shape index (κ1) is 15.6. The van der Waals surface area contributed by atoms with Crippen LogP contribution < -0.4 is 10.6 Å². The second kappa shape index (κ2) is 7.28. The van der Waals surface area contributed by atoms with Gasteiger partial charge in [-0.25, -0.2) is 8.78 Å². The summed E-state index contributed by atoms with van der Waals surface area (Å²) in [6.07, 6.45) is 0. The van der Waals surface area contributed by atoms with E-state index in [2.05, 4.69) is 15.5 Å². The Kier molecular flexibility index (Phi) is 5.67. The minimum atomic E-state index is -1.00. The van der Waals surface area contributed by atoms with Crippen LogP contribution in [0.4, 0.5) is 8.78 Å². The average Bonchev–Trinajstić information content (AvgIpc) is 2.44. The van der Waals surface area contributed by atoms with Crippen molar-refractivity contribution in [1.29, 1.82) is 0 Å². The lowest BCUT2D eigenvalue weighted by atomic mass is 10.2. The highest BCUT2D eigenvalue weighted by molar-refractivity contribution is 14.1. The van der Waals surface area contributed by atoms with Gasteiger partial charge in [0.15, 0.2) is 11.6 Å². The number of hydrogen-bond donors (Lipinski definition) is 2. The van der Waals surface area contributed by atoms with Crippen LogP contribution in [0.1, 0.15) is 10.4 Å². The Bertz CT molecular complexity index is 493. The predicted octanol–water partition coefficient (Wildman–Crippen LogP) is 1.20. The van der Waals surface area contributed by atoms with Gasteiger partial charge < -0.3 is 10.6 Å². The zero-order valence-electron chi connectivity index (χ0n) is 10.9. The van der Waals surface area contributed by atoms with Gasteiger partial charge in [-0.3, -0.25) is 9.69 Å². The van der Waals surface area contributed by atoms with Gasteiger partial charge in [0.05, 0.1) is 5.56 Å². The number of amides is 1. The average molecular weight is 395 g/mol. The van der Waals surface area contributed by atoms with Gasteiger partial charge in [0.1, 0.15) is 0 Å². The zero-order valence-corrected chi connectivity index (χ0v) is 13.0. The summed E-state index contributed by atoms with van der Waals surface area (Å²) in [5, 5.41) is 5.99. The summed E-state index contributed by atoms with van der Waals surface area (Å²) in [4.78, 5) is 14.2. The van der Waals surface area contributed by atoms with E-state index in [0.29, 0.717) is 10.1 Å². The van der Waals surface area contributed by atoms with Crippen molar-refractivity contribution in [3.05, 3.63) is 32.9 Å². The maximum atomic E-state index is 13.2. The Morgan fingerprint density at radius 2 is 1.95 bits per heavy atom. The quantitative estimate of drug-likeness (QED) is 0.595. The summed E-state index contributed by atoms with van der Waals surface area (Å²) in [6.45, 7) is 5.07. The van der Waals surface area contributed by atoms with Crippen molar-refractivity contribution in [2.24, 2.45) is 0 Å². The fourth-order valence-electron chi connectivity index (χ4n) is 2.05. The molecule has 0 bridgehead atoms. The van der Waals surface area contributed by atoms with Crippen LogP contribution in [0.15, 0.2) is 12.1 Å². The molecule has 2 N–H and O–H groups in total. The van der Waals surface area contributed by atoms with Gasteiger partial charge in [-0.2, -0.15) is 0 Å². The second-order valence-electron chi connectivity index (χ2n) is 4.59. The highest BCUT2D eigenvalue weighted by Gasteiger charge is 2.15. The standard InChI is InChI=1S/C13H16F2IN3O/c14-10-7-9(12(16)8-11(10)15)13(20)18-3-6-19-4-1-17-2-5-19/h7-8,17H,1-6H2,(H,18,20). The Morgan fingerprint density at radius 3 is 2.65 bits per heavy atom. The zero-order chi connectivity index (χ0) is 14.5. The molecule has 0 aromatic heterocycles. The van der Waals surface area contributed by atoms with E-state index in [4.69, 9.17) is 0 Å². The molecule has 1 fully saturated rings. The highest BCUT2D eigenvalue weighted by Crippen LogP contribution is 2.16. The van der Waals surface area contributed by atoms with Crippen LogP contribution in [-0.4, -0.2) is 50.1 Å². The molecule has 0 radical (unpaired) electrons. The van der Waals surface area contributed by atoms with Crippen molar-refractivity contribution in [1.82, 2.24) is 15.5 Å². The maximum absolute atomic E-state index is 13.2. The van der Waals surface area contributed by atoms with Crippen LogP contribution in [0.3, 0.4) is 0 Å². The lowest BCUT2D eigenvalue weighted by Crippen LogP contribution is -2.46. The number of piperazine rings is 1. The van der Waals surface area contributed by atoms with Gasteiger partial charge in [0.25, 0.3) is 5.91 Å². The van der Waals surface area contributed by atoms with Crippen LogP contribution in [0, 0.1) is 15.2 Å². The third kappa shape index (κ3) is 4.10. The lowest BCUT2D eigenvalue weighted by Gasteiger charge is -2.27. The molecule has 1 heterocycles. The summed E-state index contributed by atoms with van der Waals surface area (Å²) in [7, 11) is 0. The molecular formula is C13H16F2IN3O. The Morgan fingerprint density at radius 1 is 1.30 bits per heavy atom. The number of hydrogen-bond acceptors (Lipinski definition) is 3. The van der Waals surface area contributed by atoms with Crippen molar-refractivity contribution in [3.63, 3.8) is 0 Å². The van der Waals surface area contributed by atoms with Crippen LogP contribution in [-0.2, 0) is 0 Å². The van der Waals surface area contributed by atoms with Gasteiger partial charge in [0, 0.05) is 42.8 Å².